The third-order valence-corrected chi connectivity index (χ3v) is 6.80. The van der Waals surface area contributed by atoms with Crippen LogP contribution in [0.3, 0.4) is 0 Å². The second-order valence-corrected chi connectivity index (χ2v) is 9.79. The van der Waals surface area contributed by atoms with E-state index in [-0.39, 0.29) is 18.5 Å². The maximum absolute atomic E-state index is 12.0. The number of carbonyl (C=O) groups is 2. The van der Waals surface area contributed by atoms with Gasteiger partial charge in [-0.25, -0.2) is 4.79 Å². The maximum atomic E-state index is 12.0. The Bertz CT molecular complexity index is 593. The van der Waals surface area contributed by atoms with E-state index in [9.17, 15) is 9.59 Å². The van der Waals surface area contributed by atoms with Crippen molar-refractivity contribution in [3.05, 3.63) is 11.6 Å². The molecule has 1 unspecified atom stereocenters. The molecule has 2 aliphatic heterocycles. The van der Waals surface area contributed by atoms with Gasteiger partial charge in [-0.3, -0.25) is 4.79 Å². The molecule has 0 aromatic heterocycles. The SMILES string of the molecule is CC[C@H](C)C1O[C@H]1C[C@@H]1CC[C@H](C/C(C)=C/C(=O)OCCCCCCCCC(=O)O)OC1. The number of aliphatic carboxylic acids is 1. The van der Waals surface area contributed by atoms with Crippen molar-refractivity contribution >= 4 is 11.9 Å². The van der Waals surface area contributed by atoms with E-state index in [1.54, 1.807) is 6.08 Å². The third-order valence-electron chi connectivity index (χ3n) is 6.80. The number of esters is 1. The fraction of sp³-hybridized carbons (Fsp3) is 0.846. The van der Waals surface area contributed by atoms with Gasteiger partial charge in [-0.2, -0.15) is 0 Å². The summed E-state index contributed by atoms with van der Waals surface area (Å²) in [6, 6.07) is 0. The molecule has 0 amide bonds. The van der Waals surface area contributed by atoms with Gasteiger partial charge >= 0.3 is 11.9 Å². The van der Waals surface area contributed by atoms with Crippen LogP contribution in [0.4, 0.5) is 0 Å². The molecule has 2 aliphatic rings. The van der Waals surface area contributed by atoms with Crippen LogP contribution in [-0.4, -0.2) is 48.6 Å². The van der Waals surface area contributed by atoms with E-state index in [1.165, 1.54) is 12.8 Å². The van der Waals surface area contributed by atoms with E-state index in [1.807, 2.05) is 6.92 Å². The summed E-state index contributed by atoms with van der Waals surface area (Å²) in [4.78, 5) is 22.5. The Balaban J connectivity index is 1.49. The molecular weight excluding hydrogens is 408 g/mol. The highest BCUT2D eigenvalue weighted by Gasteiger charge is 2.43. The zero-order chi connectivity index (χ0) is 23.3. The van der Waals surface area contributed by atoms with E-state index >= 15 is 0 Å². The Labute approximate surface area is 194 Å². The van der Waals surface area contributed by atoms with Crippen LogP contribution in [0.2, 0.25) is 0 Å². The predicted molar refractivity (Wildman–Crippen MR) is 124 cm³/mol. The Hall–Kier alpha value is -1.40. The summed E-state index contributed by atoms with van der Waals surface area (Å²) >= 11 is 0. The van der Waals surface area contributed by atoms with E-state index < -0.39 is 5.97 Å². The minimum atomic E-state index is -0.724. The lowest BCUT2D eigenvalue weighted by molar-refractivity contribution is -0.138. The van der Waals surface area contributed by atoms with Gasteiger partial charge in [0.05, 0.1) is 24.9 Å². The molecule has 2 heterocycles. The molecule has 2 fully saturated rings. The van der Waals surface area contributed by atoms with Gasteiger partial charge < -0.3 is 19.3 Å². The molecule has 2 rings (SSSR count). The summed E-state index contributed by atoms with van der Waals surface area (Å²) < 4.78 is 17.2. The van der Waals surface area contributed by atoms with Crippen LogP contribution in [0.5, 0.6) is 0 Å². The van der Waals surface area contributed by atoms with Gasteiger partial charge in [0.15, 0.2) is 0 Å². The third kappa shape index (κ3) is 11.0. The number of rotatable bonds is 16. The van der Waals surface area contributed by atoms with E-state index in [4.69, 9.17) is 19.3 Å². The zero-order valence-electron chi connectivity index (χ0n) is 20.4. The number of carboxylic acid groups (broad SMARTS) is 1. The summed E-state index contributed by atoms with van der Waals surface area (Å²) in [5.41, 5.74) is 1.01. The number of carbonyl (C=O) groups excluding carboxylic acids is 1. The molecule has 2 saturated heterocycles. The molecule has 0 spiro atoms. The molecule has 0 aromatic carbocycles. The fourth-order valence-electron chi connectivity index (χ4n) is 4.53. The van der Waals surface area contributed by atoms with Crippen LogP contribution in [0, 0.1) is 11.8 Å². The van der Waals surface area contributed by atoms with Crippen molar-refractivity contribution in [2.45, 2.75) is 116 Å². The van der Waals surface area contributed by atoms with Crippen LogP contribution < -0.4 is 0 Å². The summed E-state index contributed by atoms with van der Waals surface area (Å²) in [7, 11) is 0. The van der Waals surface area contributed by atoms with Crippen LogP contribution >= 0.6 is 0 Å². The van der Waals surface area contributed by atoms with E-state index in [0.29, 0.717) is 30.7 Å². The van der Waals surface area contributed by atoms with E-state index in [0.717, 1.165) is 70.0 Å². The molecule has 32 heavy (non-hydrogen) atoms. The van der Waals surface area contributed by atoms with Gasteiger partial charge in [0.2, 0.25) is 0 Å². The van der Waals surface area contributed by atoms with Crippen molar-refractivity contribution in [1.29, 1.82) is 0 Å². The zero-order valence-corrected chi connectivity index (χ0v) is 20.4. The molecule has 0 radical (unpaired) electrons. The van der Waals surface area contributed by atoms with Crippen LogP contribution in [0.15, 0.2) is 11.6 Å². The van der Waals surface area contributed by atoms with Crippen LogP contribution in [-0.2, 0) is 23.8 Å². The number of ether oxygens (including phenoxy) is 3. The molecule has 0 aromatic rings. The highest BCUT2D eigenvalue weighted by Crippen LogP contribution is 2.38. The number of unbranched alkanes of at least 4 members (excludes halogenated alkanes) is 5. The first-order valence-electron chi connectivity index (χ1n) is 12.7. The Morgan fingerprint density at radius 3 is 2.50 bits per heavy atom. The Kier molecular flexibility index (Phi) is 12.3. The lowest BCUT2D eigenvalue weighted by Crippen LogP contribution is -2.27. The minimum Gasteiger partial charge on any atom is -0.481 e. The van der Waals surface area contributed by atoms with Crippen LogP contribution in [0.1, 0.15) is 97.8 Å². The number of hydrogen-bond acceptors (Lipinski definition) is 5. The molecule has 6 heteroatoms. The smallest absolute Gasteiger partial charge is 0.330 e. The Morgan fingerprint density at radius 1 is 1.12 bits per heavy atom. The first kappa shape index (κ1) is 26.8. The standard InChI is InChI=1S/C26H44O6/c1-4-20(3)26-23(32-26)17-21-12-13-22(31-18-21)15-19(2)16-25(29)30-14-10-8-6-5-7-9-11-24(27)28/h16,20-23,26H,4-15,17-18H2,1-3H3,(H,27,28)/b19-16+/t20-,21-,22+,23-,26?/m0/s1. The molecule has 6 nitrogen and oxygen atoms in total. The maximum Gasteiger partial charge on any atom is 0.330 e. The molecule has 0 bridgehead atoms. The van der Waals surface area contributed by atoms with E-state index in [2.05, 4.69) is 13.8 Å². The van der Waals surface area contributed by atoms with Gasteiger partial charge in [0, 0.05) is 19.1 Å². The summed E-state index contributed by atoms with van der Waals surface area (Å²) in [6.07, 6.45) is 13.9. The van der Waals surface area contributed by atoms with Gasteiger partial charge in [-0.1, -0.05) is 51.5 Å². The summed E-state index contributed by atoms with van der Waals surface area (Å²) in [6.45, 7) is 7.71. The van der Waals surface area contributed by atoms with Gasteiger partial charge in [0.1, 0.15) is 0 Å². The normalized spacial score (nSPS) is 26.5. The predicted octanol–water partition coefficient (Wildman–Crippen LogP) is 5.68. The highest BCUT2D eigenvalue weighted by atomic mass is 16.6. The number of hydrogen-bond donors (Lipinski definition) is 1. The van der Waals surface area contributed by atoms with Crippen molar-refractivity contribution < 1.29 is 28.9 Å². The number of carboxylic acids is 1. The molecule has 0 saturated carbocycles. The van der Waals surface area contributed by atoms with Crippen molar-refractivity contribution in [3.8, 4) is 0 Å². The van der Waals surface area contributed by atoms with Gasteiger partial charge in [-0.15, -0.1) is 0 Å². The minimum absolute atomic E-state index is 0.196. The van der Waals surface area contributed by atoms with Crippen molar-refractivity contribution in [2.75, 3.05) is 13.2 Å². The van der Waals surface area contributed by atoms with Gasteiger partial charge in [0.25, 0.3) is 0 Å². The number of epoxide rings is 1. The topological polar surface area (TPSA) is 85.4 Å². The Morgan fingerprint density at radius 2 is 1.84 bits per heavy atom. The lowest BCUT2D eigenvalue weighted by Gasteiger charge is -2.29. The average molecular weight is 453 g/mol. The van der Waals surface area contributed by atoms with Gasteiger partial charge in [-0.05, 0) is 57.3 Å². The second kappa shape index (κ2) is 14.7. The average Bonchev–Trinajstić information content (AvgIpc) is 3.52. The van der Waals surface area contributed by atoms with Crippen molar-refractivity contribution in [3.63, 3.8) is 0 Å². The molecule has 184 valence electrons. The highest BCUT2D eigenvalue weighted by molar-refractivity contribution is 5.82. The summed E-state index contributed by atoms with van der Waals surface area (Å²) in [5.74, 6) is 0.259. The largest absolute Gasteiger partial charge is 0.481 e. The quantitative estimate of drug-likeness (QED) is 0.140. The molecular formula is C26H44O6. The monoisotopic (exact) mass is 452 g/mol. The first-order chi connectivity index (χ1) is 15.4. The molecule has 5 atom stereocenters. The second-order valence-electron chi connectivity index (χ2n) is 9.79. The molecule has 0 aliphatic carbocycles. The molecule has 1 N–H and O–H groups in total. The lowest BCUT2D eigenvalue weighted by atomic mass is 9.90. The fourth-order valence-corrected chi connectivity index (χ4v) is 4.53. The van der Waals surface area contributed by atoms with Crippen LogP contribution in [0.25, 0.3) is 0 Å². The first-order valence-corrected chi connectivity index (χ1v) is 12.7. The van der Waals surface area contributed by atoms with Crippen molar-refractivity contribution in [1.82, 2.24) is 0 Å². The summed E-state index contributed by atoms with van der Waals surface area (Å²) in [5, 5.41) is 8.60. The van der Waals surface area contributed by atoms with Crippen molar-refractivity contribution in [2.24, 2.45) is 11.8 Å².